The van der Waals surface area contributed by atoms with E-state index in [9.17, 15) is 9.59 Å². The monoisotopic (exact) mass is 390 g/mol. The summed E-state index contributed by atoms with van der Waals surface area (Å²) in [5.41, 5.74) is 4.41. The molecule has 1 aliphatic heterocycles. The summed E-state index contributed by atoms with van der Waals surface area (Å²) in [6, 6.07) is 13.2. The topological polar surface area (TPSA) is 88.3 Å². The van der Waals surface area contributed by atoms with Crippen LogP contribution in [0.15, 0.2) is 47.0 Å². The molecule has 0 bridgehead atoms. The summed E-state index contributed by atoms with van der Waals surface area (Å²) >= 11 is 0. The molecule has 1 saturated heterocycles. The van der Waals surface area contributed by atoms with Crippen molar-refractivity contribution in [2.75, 3.05) is 16.8 Å². The van der Waals surface area contributed by atoms with E-state index in [0.29, 0.717) is 18.3 Å². The molecule has 0 unspecified atom stereocenters. The van der Waals surface area contributed by atoms with Crippen molar-refractivity contribution in [1.29, 1.82) is 0 Å². The average molecular weight is 390 g/mol. The molecule has 4 rings (SSSR count). The first-order valence-corrected chi connectivity index (χ1v) is 9.50. The van der Waals surface area contributed by atoms with Crippen LogP contribution in [0.1, 0.15) is 23.4 Å². The lowest BCUT2D eigenvalue weighted by atomic mass is 10.1. The van der Waals surface area contributed by atoms with Gasteiger partial charge in [0.15, 0.2) is 0 Å². The summed E-state index contributed by atoms with van der Waals surface area (Å²) in [5.74, 6) is 0.330. The van der Waals surface area contributed by atoms with Crippen LogP contribution in [0.3, 0.4) is 0 Å². The summed E-state index contributed by atoms with van der Waals surface area (Å²) in [5, 5.41) is 6.90. The first kappa shape index (κ1) is 18.9. The van der Waals surface area contributed by atoms with Crippen LogP contribution in [0.2, 0.25) is 0 Å². The quantitative estimate of drug-likeness (QED) is 0.735. The number of carbonyl (C=O) groups excluding carboxylic acids is 2. The molecule has 2 amide bonds. The van der Waals surface area contributed by atoms with Crippen molar-refractivity contribution in [3.05, 3.63) is 59.5 Å². The smallest absolute Gasteiger partial charge is 0.229 e. The largest absolute Gasteiger partial charge is 0.339 e. The minimum absolute atomic E-state index is 0.0763. The number of aryl methyl sites for hydroxylation is 2. The maximum Gasteiger partial charge on any atom is 0.229 e. The molecule has 7 heteroatoms. The number of amides is 2. The van der Waals surface area contributed by atoms with E-state index in [2.05, 4.69) is 15.5 Å². The molecule has 1 aliphatic rings. The zero-order chi connectivity index (χ0) is 20.5. The Hall–Kier alpha value is -3.48. The van der Waals surface area contributed by atoms with Crippen molar-refractivity contribution >= 4 is 23.2 Å². The molecule has 2 aromatic carbocycles. The number of nitrogens with one attached hydrogen (secondary N) is 1. The molecule has 2 heterocycles. The second-order valence-electron chi connectivity index (χ2n) is 7.33. The van der Waals surface area contributed by atoms with Gasteiger partial charge in [-0.15, -0.1) is 0 Å². The molecule has 29 heavy (non-hydrogen) atoms. The fraction of sp³-hybridized carbons (Fsp3) is 0.273. The van der Waals surface area contributed by atoms with Crippen molar-refractivity contribution < 1.29 is 14.1 Å². The van der Waals surface area contributed by atoms with Gasteiger partial charge in [0.1, 0.15) is 0 Å². The number of benzene rings is 2. The molecule has 3 aromatic rings. The number of carbonyl (C=O) groups is 2. The van der Waals surface area contributed by atoms with Crippen LogP contribution in [-0.4, -0.2) is 28.5 Å². The Balaban J connectivity index is 1.51. The van der Waals surface area contributed by atoms with E-state index in [0.717, 1.165) is 28.1 Å². The van der Waals surface area contributed by atoms with Gasteiger partial charge in [0.05, 0.1) is 5.92 Å². The molecule has 1 N–H and O–H groups in total. The first-order valence-electron chi connectivity index (χ1n) is 9.50. The van der Waals surface area contributed by atoms with Crippen LogP contribution in [0.25, 0.3) is 11.4 Å². The minimum atomic E-state index is -0.404. The third-order valence-electron chi connectivity index (χ3n) is 5.30. The molecule has 1 atom stereocenters. The van der Waals surface area contributed by atoms with Crippen LogP contribution >= 0.6 is 0 Å². The summed E-state index contributed by atoms with van der Waals surface area (Å²) in [7, 11) is 0. The van der Waals surface area contributed by atoms with Crippen molar-refractivity contribution in [1.82, 2.24) is 10.1 Å². The van der Waals surface area contributed by atoms with Crippen LogP contribution in [0, 0.1) is 26.7 Å². The van der Waals surface area contributed by atoms with Gasteiger partial charge in [0, 0.05) is 36.8 Å². The molecule has 0 aliphatic carbocycles. The molecule has 148 valence electrons. The number of hydrogen-bond acceptors (Lipinski definition) is 5. The van der Waals surface area contributed by atoms with Crippen molar-refractivity contribution in [3.8, 4) is 11.4 Å². The summed E-state index contributed by atoms with van der Waals surface area (Å²) in [6.07, 6.45) is 0.183. The lowest BCUT2D eigenvalue weighted by Gasteiger charge is -2.18. The molecular weight excluding hydrogens is 368 g/mol. The molecule has 0 spiro atoms. The standard InChI is InChI=1S/C22H22N4O3/c1-13-6-4-9-19(14(13)2)24-22(28)17-11-20(27)26(12-17)18-8-5-7-16(10-18)21-23-15(3)29-25-21/h4-10,17H,11-12H2,1-3H3,(H,24,28)/t17-/m0/s1. The predicted octanol–water partition coefficient (Wildman–Crippen LogP) is 3.65. The van der Waals surface area contributed by atoms with Gasteiger partial charge in [-0.2, -0.15) is 4.98 Å². The minimum Gasteiger partial charge on any atom is -0.339 e. The first-order chi connectivity index (χ1) is 13.9. The Kier molecular flexibility index (Phi) is 4.88. The molecular formula is C22H22N4O3. The van der Waals surface area contributed by atoms with Crippen LogP contribution in [0.4, 0.5) is 11.4 Å². The van der Waals surface area contributed by atoms with Gasteiger partial charge in [-0.1, -0.05) is 29.4 Å². The van der Waals surface area contributed by atoms with E-state index < -0.39 is 5.92 Å². The molecule has 0 saturated carbocycles. The Morgan fingerprint density at radius 3 is 2.72 bits per heavy atom. The number of nitrogens with zero attached hydrogens (tertiary/aromatic N) is 3. The van der Waals surface area contributed by atoms with E-state index in [1.54, 1.807) is 11.8 Å². The van der Waals surface area contributed by atoms with Crippen LogP contribution < -0.4 is 10.2 Å². The van der Waals surface area contributed by atoms with Gasteiger partial charge in [-0.05, 0) is 43.2 Å². The summed E-state index contributed by atoms with van der Waals surface area (Å²) in [4.78, 5) is 31.3. The fourth-order valence-corrected chi connectivity index (χ4v) is 3.48. The van der Waals surface area contributed by atoms with Crippen molar-refractivity contribution in [2.24, 2.45) is 5.92 Å². The van der Waals surface area contributed by atoms with E-state index in [-0.39, 0.29) is 18.2 Å². The highest BCUT2D eigenvalue weighted by atomic mass is 16.5. The Morgan fingerprint density at radius 1 is 1.17 bits per heavy atom. The van der Waals surface area contributed by atoms with Crippen molar-refractivity contribution in [2.45, 2.75) is 27.2 Å². The summed E-state index contributed by atoms with van der Waals surface area (Å²) in [6.45, 7) is 6.04. The summed E-state index contributed by atoms with van der Waals surface area (Å²) < 4.78 is 5.03. The normalized spacial score (nSPS) is 16.3. The van der Waals surface area contributed by atoms with Gasteiger partial charge in [-0.3, -0.25) is 9.59 Å². The third-order valence-corrected chi connectivity index (χ3v) is 5.30. The Bertz CT molecular complexity index is 1090. The van der Waals surface area contributed by atoms with Crippen LogP contribution in [0.5, 0.6) is 0 Å². The predicted molar refractivity (Wildman–Crippen MR) is 109 cm³/mol. The van der Waals surface area contributed by atoms with Gasteiger partial charge in [0.25, 0.3) is 0 Å². The highest BCUT2D eigenvalue weighted by molar-refractivity contribution is 6.04. The zero-order valence-corrected chi connectivity index (χ0v) is 16.6. The van der Waals surface area contributed by atoms with Gasteiger partial charge in [-0.25, -0.2) is 0 Å². The fourth-order valence-electron chi connectivity index (χ4n) is 3.48. The molecule has 7 nitrogen and oxygen atoms in total. The Labute approximate surface area is 168 Å². The molecule has 1 aromatic heterocycles. The highest BCUT2D eigenvalue weighted by Crippen LogP contribution is 2.29. The van der Waals surface area contributed by atoms with Gasteiger partial charge >= 0.3 is 0 Å². The highest BCUT2D eigenvalue weighted by Gasteiger charge is 2.35. The van der Waals surface area contributed by atoms with Gasteiger partial charge < -0.3 is 14.7 Å². The Morgan fingerprint density at radius 2 is 1.97 bits per heavy atom. The third kappa shape index (κ3) is 3.76. The molecule has 0 radical (unpaired) electrons. The van der Waals surface area contributed by atoms with Gasteiger partial charge in [0.2, 0.25) is 23.5 Å². The number of hydrogen-bond donors (Lipinski definition) is 1. The maximum atomic E-state index is 12.8. The zero-order valence-electron chi connectivity index (χ0n) is 16.6. The molecule has 1 fully saturated rings. The number of anilines is 2. The van der Waals surface area contributed by atoms with E-state index in [1.165, 1.54) is 0 Å². The number of rotatable bonds is 4. The van der Waals surface area contributed by atoms with E-state index >= 15 is 0 Å². The van der Waals surface area contributed by atoms with E-state index in [4.69, 9.17) is 4.52 Å². The second kappa shape index (κ2) is 7.50. The van der Waals surface area contributed by atoms with E-state index in [1.807, 2.05) is 56.3 Å². The van der Waals surface area contributed by atoms with Crippen molar-refractivity contribution in [3.63, 3.8) is 0 Å². The maximum absolute atomic E-state index is 12.8. The lowest BCUT2D eigenvalue weighted by Crippen LogP contribution is -2.28. The average Bonchev–Trinajstić information content (AvgIpc) is 3.31. The number of aromatic nitrogens is 2. The lowest BCUT2D eigenvalue weighted by molar-refractivity contribution is -0.122. The van der Waals surface area contributed by atoms with Crippen LogP contribution in [-0.2, 0) is 9.59 Å². The SMILES string of the molecule is Cc1nc(-c2cccc(N3C[C@@H](C(=O)Nc4cccc(C)c4C)CC3=O)c2)no1. The second-order valence-corrected chi connectivity index (χ2v) is 7.33.